The van der Waals surface area contributed by atoms with E-state index in [0.29, 0.717) is 12.1 Å². The second kappa shape index (κ2) is 9.25. The number of nitrogens with one attached hydrogen (secondary N) is 1. The van der Waals surface area contributed by atoms with E-state index >= 15 is 0 Å². The summed E-state index contributed by atoms with van der Waals surface area (Å²) < 4.78 is 5.84. The molecule has 3 heteroatoms. The molecule has 31 heavy (non-hydrogen) atoms. The summed E-state index contributed by atoms with van der Waals surface area (Å²) in [5.41, 5.74) is 4.02. The lowest BCUT2D eigenvalue weighted by molar-refractivity contribution is 0.00441. The summed E-state index contributed by atoms with van der Waals surface area (Å²) in [6, 6.07) is 31.3. The Morgan fingerprint density at radius 1 is 0.871 bits per heavy atom. The summed E-state index contributed by atoms with van der Waals surface area (Å²) in [6.45, 7) is 3.30. The molecule has 1 N–H and O–H groups in total. The predicted octanol–water partition coefficient (Wildman–Crippen LogP) is 5.08. The molecule has 0 unspecified atom stereocenters. The topological polar surface area (TPSA) is 24.5 Å². The van der Waals surface area contributed by atoms with E-state index < -0.39 is 0 Å². The highest BCUT2D eigenvalue weighted by Crippen LogP contribution is 2.44. The number of rotatable bonds is 7. The maximum absolute atomic E-state index is 5.84. The van der Waals surface area contributed by atoms with Crippen molar-refractivity contribution in [2.24, 2.45) is 5.92 Å². The number of para-hydroxylation sites is 1. The molecule has 0 aliphatic carbocycles. The second-order valence-corrected chi connectivity index (χ2v) is 8.89. The number of benzene rings is 3. The molecule has 3 saturated heterocycles. The fraction of sp³-hybridized carbons (Fsp3) is 0.357. The SMILES string of the molecule is COc1ccccc1[C@@H](c1ccccc1)[C@@H]1[C@H](NCc2ccccc2)C2CCN1CC2. The van der Waals surface area contributed by atoms with Crippen LogP contribution in [0.2, 0.25) is 0 Å². The minimum atomic E-state index is 0.272. The van der Waals surface area contributed by atoms with Crippen LogP contribution in [0.5, 0.6) is 5.75 Å². The van der Waals surface area contributed by atoms with E-state index in [9.17, 15) is 0 Å². The molecule has 0 spiro atoms. The number of piperidine rings is 3. The number of methoxy groups -OCH3 is 1. The molecule has 3 aromatic carbocycles. The lowest BCUT2D eigenvalue weighted by atomic mass is 9.70. The molecule has 2 bridgehead atoms. The highest BCUT2D eigenvalue weighted by Gasteiger charge is 2.46. The van der Waals surface area contributed by atoms with E-state index in [1.165, 1.54) is 42.6 Å². The van der Waals surface area contributed by atoms with Crippen LogP contribution in [0.4, 0.5) is 0 Å². The second-order valence-electron chi connectivity index (χ2n) is 8.89. The van der Waals surface area contributed by atoms with Gasteiger partial charge >= 0.3 is 0 Å². The van der Waals surface area contributed by atoms with Gasteiger partial charge in [0.2, 0.25) is 0 Å². The van der Waals surface area contributed by atoms with Gasteiger partial charge in [-0.1, -0.05) is 78.9 Å². The molecule has 3 nitrogen and oxygen atoms in total. The van der Waals surface area contributed by atoms with Crippen LogP contribution in [0.25, 0.3) is 0 Å². The molecule has 6 rings (SSSR count). The quantitative estimate of drug-likeness (QED) is 0.586. The summed E-state index contributed by atoms with van der Waals surface area (Å²) in [4.78, 5) is 2.73. The average Bonchev–Trinajstić information content (AvgIpc) is 2.85. The Kier molecular flexibility index (Phi) is 6.06. The molecule has 0 radical (unpaired) electrons. The van der Waals surface area contributed by atoms with Crippen LogP contribution in [-0.4, -0.2) is 37.2 Å². The van der Waals surface area contributed by atoms with E-state index in [1.807, 2.05) is 0 Å². The Morgan fingerprint density at radius 2 is 1.52 bits per heavy atom. The van der Waals surface area contributed by atoms with Gasteiger partial charge < -0.3 is 10.1 Å². The van der Waals surface area contributed by atoms with Gasteiger partial charge in [-0.3, -0.25) is 4.90 Å². The third-order valence-electron chi connectivity index (χ3n) is 7.23. The van der Waals surface area contributed by atoms with Crippen molar-refractivity contribution >= 4 is 0 Å². The zero-order chi connectivity index (χ0) is 21.0. The Bertz CT molecular complexity index is 967. The summed E-state index contributed by atoms with van der Waals surface area (Å²) in [6.07, 6.45) is 2.58. The molecule has 3 heterocycles. The highest BCUT2D eigenvalue weighted by atomic mass is 16.5. The molecular formula is C28H32N2O. The molecule has 3 fully saturated rings. The number of nitrogens with zero attached hydrogens (tertiary/aromatic N) is 1. The largest absolute Gasteiger partial charge is 0.496 e. The van der Waals surface area contributed by atoms with Gasteiger partial charge in [0.15, 0.2) is 0 Å². The smallest absolute Gasteiger partial charge is 0.122 e. The molecule has 0 amide bonds. The van der Waals surface area contributed by atoms with Gasteiger partial charge in [-0.05, 0) is 49.0 Å². The van der Waals surface area contributed by atoms with Crippen LogP contribution in [0.1, 0.15) is 35.4 Å². The molecule has 3 atom stereocenters. The normalized spacial score (nSPS) is 25.8. The van der Waals surface area contributed by atoms with Gasteiger partial charge in [0.1, 0.15) is 5.75 Å². The van der Waals surface area contributed by atoms with Gasteiger partial charge in [0.05, 0.1) is 7.11 Å². The lowest BCUT2D eigenvalue weighted by Gasteiger charge is -2.54. The van der Waals surface area contributed by atoms with Crippen molar-refractivity contribution in [3.8, 4) is 5.75 Å². The summed E-state index contributed by atoms with van der Waals surface area (Å²) in [5.74, 6) is 1.98. The van der Waals surface area contributed by atoms with E-state index in [0.717, 1.165) is 18.2 Å². The highest BCUT2D eigenvalue weighted by molar-refractivity contribution is 5.44. The van der Waals surface area contributed by atoms with E-state index in [1.54, 1.807) is 7.11 Å². The van der Waals surface area contributed by atoms with E-state index in [2.05, 4.69) is 95.1 Å². The Balaban J connectivity index is 1.54. The first-order valence-corrected chi connectivity index (χ1v) is 11.5. The molecule has 3 aromatic rings. The van der Waals surface area contributed by atoms with Crippen LogP contribution in [0, 0.1) is 5.92 Å². The molecular weight excluding hydrogens is 380 g/mol. The van der Waals surface area contributed by atoms with Crippen LogP contribution in [0.3, 0.4) is 0 Å². The van der Waals surface area contributed by atoms with Crippen molar-refractivity contribution in [2.75, 3.05) is 20.2 Å². The van der Waals surface area contributed by atoms with E-state index in [-0.39, 0.29) is 5.92 Å². The van der Waals surface area contributed by atoms with Crippen LogP contribution >= 0.6 is 0 Å². The van der Waals surface area contributed by atoms with Crippen LogP contribution < -0.4 is 10.1 Å². The fourth-order valence-electron chi connectivity index (χ4n) is 5.76. The third-order valence-corrected chi connectivity index (χ3v) is 7.23. The fourth-order valence-corrected chi connectivity index (χ4v) is 5.76. The van der Waals surface area contributed by atoms with Gasteiger partial charge in [0.25, 0.3) is 0 Å². The minimum absolute atomic E-state index is 0.272. The first-order chi connectivity index (χ1) is 15.3. The van der Waals surface area contributed by atoms with Gasteiger partial charge in [-0.15, -0.1) is 0 Å². The first-order valence-electron chi connectivity index (χ1n) is 11.5. The molecule has 0 aromatic heterocycles. The molecule has 160 valence electrons. The third kappa shape index (κ3) is 4.13. The maximum atomic E-state index is 5.84. The van der Waals surface area contributed by atoms with Crippen molar-refractivity contribution in [3.63, 3.8) is 0 Å². The number of hydrogen-bond acceptors (Lipinski definition) is 3. The van der Waals surface area contributed by atoms with Crippen LogP contribution in [-0.2, 0) is 6.54 Å². The Morgan fingerprint density at radius 3 is 2.23 bits per heavy atom. The average molecular weight is 413 g/mol. The van der Waals surface area contributed by atoms with Crippen LogP contribution in [0.15, 0.2) is 84.9 Å². The standard InChI is InChI=1S/C28H32N2O/c1-31-25-15-9-8-14-24(25)26(22-12-6-3-7-13-22)28-27(23-16-18-30(28)19-17-23)29-20-21-10-4-2-5-11-21/h2-15,23,26-29H,16-20H2,1H3/t26-,27-,28-/m1/s1. The van der Waals surface area contributed by atoms with Gasteiger partial charge in [-0.2, -0.15) is 0 Å². The summed E-state index contributed by atoms with van der Waals surface area (Å²) in [5, 5.41) is 3.99. The Labute approximate surface area is 186 Å². The van der Waals surface area contributed by atoms with Crippen molar-refractivity contribution in [2.45, 2.75) is 37.4 Å². The van der Waals surface area contributed by atoms with Crippen molar-refractivity contribution in [1.29, 1.82) is 0 Å². The summed E-state index contributed by atoms with van der Waals surface area (Å²) >= 11 is 0. The van der Waals surface area contributed by atoms with E-state index in [4.69, 9.17) is 4.74 Å². The monoisotopic (exact) mass is 412 g/mol. The number of fused-ring (bicyclic) bond motifs is 3. The number of ether oxygens (including phenoxy) is 1. The molecule has 0 saturated carbocycles. The predicted molar refractivity (Wildman–Crippen MR) is 126 cm³/mol. The van der Waals surface area contributed by atoms with Crippen molar-refractivity contribution in [3.05, 3.63) is 102 Å². The molecule has 3 aliphatic heterocycles. The Hall–Kier alpha value is -2.62. The zero-order valence-corrected chi connectivity index (χ0v) is 18.3. The zero-order valence-electron chi connectivity index (χ0n) is 18.3. The lowest BCUT2D eigenvalue weighted by Crippen LogP contribution is -2.64. The molecule has 3 aliphatic rings. The van der Waals surface area contributed by atoms with Crippen molar-refractivity contribution in [1.82, 2.24) is 10.2 Å². The first kappa shape index (κ1) is 20.3. The number of hydrogen-bond donors (Lipinski definition) is 1. The van der Waals surface area contributed by atoms with Gasteiger partial charge in [0, 0.05) is 30.1 Å². The summed E-state index contributed by atoms with van der Waals surface area (Å²) in [7, 11) is 1.79. The van der Waals surface area contributed by atoms with Crippen molar-refractivity contribution < 1.29 is 4.74 Å². The van der Waals surface area contributed by atoms with Gasteiger partial charge in [-0.25, -0.2) is 0 Å². The minimum Gasteiger partial charge on any atom is -0.496 e. The maximum Gasteiger partial charge on any atom is 0.122 e.